The molecule has 0 atom stereocenters. The lowest BCUT2D eigenvalue weighted by atomic mass is 9.55. The summed E-state index contributed by atoms with van der Waals surface area (Å²) in [6.07, 6.45) is 10.0. The number of aryl methyl sites for hydroxylation is 1. The van der Waals surface area contributed by atoms with E-state index in [1.807, 2.05) is 0 Å². The molecule has 1 aliphatic heterocycles. The molecule has 30 heavy (non-hydrogen) atoms. The first-order chi connectivity index (χ1) is 14.5. The van der Waals surface area contributed by atoms with Crippen LogP contribution in [0.1, 0.15) is 95.1 Å². The number of aliphatic hydroxyl groups is 1. The highest BCUT2D eigenvalue weighted by Crippen LogP contribution is 2.55. The third-order valence-electron chi connectivity index (χ3n) is 7.98. The summed E-state index contributed by atoms with van der Waals surface area (Å²) in [6.45, 7) is 3.27. The van der Waals surface area contributed by atoms with Crippen LogP contribution in [-0.4, -0.2) is 29.7 Å². The molecule has 1 aromatic rings. The second-order valence-corrected chi connectivity index (χ2v) is 9.64. The van der Waals surface area contributed by atoms with E-state index < -0.39 is 28.4 Å². The van der Waals surface area contributed by atoms with Gasteiger partial charge in [0.1, 0.15) is 0 Å². The third-order valence-corrected chi connectivity index (χ3v) is 7.98. The van der Waals surface area contributed by atoms with E-state index >= 15 is 8.78 Å². The van der Waals surface area contributed by atoms with Crippen molar-refractivity contribution >= 4 is 0 Å². The average Bonchev–Trinajstić information content (AvgIpc) is 3.23. The Bertz CT molecular complexity index is 726. The van der Waals surface area contributed by atoms with Gasteiger partial charge in [-0.05, 0) is 49.7 Å². The standard InChI is InChI=1S/C25H36F2O3/c1-2-3-5-8-19-9-10-20(22(27)21(19)26)23(11-6-4-7-12-23)24(28)13-15-25(16-14-24)29-17-18-30-25/h9-10,28H,2-8,11-18H2,1H3. The van der Waals surface area contributed by atoms with Gasteiger partial charge in [0.2, 0.25) is 0 Å². The Morgan fingerprint density at radius 2 is 1.53 bits per heavy atom. The Balaban J connectivity index is 1.65. The van der Waals surface area contributed by atoms with Gasteiger partial charge in [-0.15, -0.1) is 0 Å². The Hall–Kier alpha value is -1.04. The molecule has 0 radical (unpaired) electrons. The lowest BCUT2D eigenvalue weighted by molar-refractivity contribution is -0.216. The van der Waals surface area contributed by atoms with E-state index in [0.717, 1.165) is 38.5 Å². The van der Waals surface area contributed by atoms with Crippen molar-refractivity contribution in [2.75, 3.05) is 13.2 Å². The first kappa shape index (κ1) is 22.2. The Morgan fingerprint density at radius 3 is 2.17 bits per heavy atom. The van der Waals surface area contributed by atoms with Crippen molar-refractivity contribution in [1.82, 2.24) is 0 Å². The van der Waals surface area contributed by atoms with Gasteiger partial charge in [-0.2, -0.15) is 0 Å². The highest BCUT2D eigenvalue weighted by Gasteiger charge is 2.57. The first-order valence-electron chi connectivity index (χ1n) is 11.9. The Labute approximate surface area is 179 Å². The Morgan fingerprint density at radius 1 is 0.867 bits per heavy atom. The first-order valence-corrected chi connectivity index (χ1v) is 11.9. The van der Waals surface area contributed by atoms with Crippen LogP contribution < -0.4 is 0 Å². The van der Waals surface area contributed by atoms with Crippen molar-refractivity contribution in [3.8, 4) is 0 Å². The Kier molecular flexibility index (Phi) is 6.53. The molecule has 2 saturated carbocycles. The smallest absolute Gasteiger partial charge is 0.168 e. The number of hydrogen-bond donors (Lipinski definition) is 1. The lowest BCUT2D eigenvalue weighted by Crippen LogP contribution is -2.57. The summed E-state index contributed by atoms with van der Waals surface area (Å²) in [5.41, 5.74) is -0.966. The van der Waals surface area contributed by atoms with Crippen molar-refractivity contribution in [2.24, 2.45) is 0 Å². The van der Waals surface area contributed by atoms with E-state index in [-0.39, 0.29) is 0 Å². The monoisotopic (exact) mass is 422 g/mol. The molecule has 1 heterocycles. The van der Waals surface area contributed by atoms with Crippen LogP contribution >= 0.6 is 0 Å². The minimum Gasteiger partial charge on any atom is -0.389 e. The summed E-state index contributed by atoms with van der Waals surface area (Å²) in [5, 5.41) is 11.9. The zero-order chi connectivity index (χ0) is 21.2. The molecule has 3 aliphatic rings. The van der Waals surface area contributed by atoms with E-state index in [4.69, 9.17) is 9.47 Å². The van der Waals surface area contributed by atoms with Crippen LogP contribution in [0.25, 0.3) is 0 Å². The van der Waals surface area contributed by atoms with E-state index in [1.165, 1.54) is 0 Å². The molecule has 1 N–H and O–H groups in total. The summed E-state index contributed by atoms with van der Waals surface area (Å²) >= 11 is 0. The van der Waals surface area contributed by atoms with Gasteiger partial charge >= 0.3 is 0 Å². The quantitative estimate of drug-likeness (QED) is 0.576. The summed E-state index contributed by atoms with van der Waals surface area (Å²) in [6, 6.07) is 3.53. The molecule has 1 aromatic carbocycles. The van der Waals surface area contributed by atoms with Gasteiger partial charge in [-0.3, -0.25) is 0 Å². The number of benzene rings is 1. The van der Waals surface area contributed by atoms with E-state index in [0.29, 0.717) is 69.3 Å². The predicted molar refractivity (Wildman–Crippen MR) is 112 cm³/mol. The maximum absolute atomic E-state index is 15.5. The zero-order valence-corrected chi connectivity index (χ0v) is 18.3. The van der Waals surface area contributed by atoms with Gasteiger partial charge in [-0.1, -0.05) is 51.2 Å². The topological polar surface area (TPSA) is 38.7 Å². The normalized spacial score (nSPS) is 24.9. The van der Waals surface area contributed by atoms with Crippen molar-refractivity contribution in [3.63, 3.8) is 0 Å². The fourth-order valence-corrected chi connectivity index (χ4v) is 6.17. The van der Waals surface area contributed by atoms with Crippen LogP contribution in [-0.2, 0) is 21.3 Å². The van der Waals surface area contributed by atoms with Gasteiger partial charge in [-0.25, -0.2) is 8.78 Å². The number of rotatable bonds is 6. The largest absolute Gasteiger partial charge is 0.389 e. The van der Waals surface area contributed by atoms with Gasteiger partial charge in [0, 0.05) is 18.3 Å². The average molecular weight is 423 g/mol. The third kappa shape index (κ3) is 3.82. The number of ether oxygens (including phenoxy) is 2. The number of unbranched alkanes of at least 4 members (excludes halogenated alkanes) is 2. The van der Waals surface area contributed by atoms with Gasteiger partial charge in [0.25, 0.3) is 0 Å². The minimum absolute atomic E-state index is 0.380. The fraction of sp³-hybridized carbons (Fsp3) is 0.760. The second-order valence-electron chi connectivity index (χ2n) is 9.64. The highest BCUT2D eigenvalue weighted by molar-refractivity contribution is 5.36. The molecule has 0 aromatic heterocycles. The maximum atomic E-state index is 15.5. The van der Waals surface area contributed by atoms with E-state index in [2.05, 4.69) is 6.92 Å². The summed E-state index contributed by atoms with van der Waals surface area (Å²) in [5.74, 6) is -2.05. The van der Waals surface area contributed by atoms with Gasteiger partial charge < -0.3 is 14.6 Å². The van der Waals surface area contributed by atoms with Crippen molar-refractivity contribution in [1.29, 1.82) is 0 Å². The molecule has 1 spiro atoms. The second kappa shape index (κ2) is 8.84. The predicted octanol–water partition coefficient (Wildman–Crippen LogP) is 5.95. The summed E-state index contributed by atoms with van der Waals surface area (Å²) in [7, 11) is 0. The zero-order valence-electron chi connectivity index (χ0n) is 18.3. The van der Waals surface area contributed by atoms with E-state index in [1.54, 1.807) is 12.1 Å². The minimum atomic E-state index is -1.06. The molecule has 168 valence electrons. The molecule has 1 saturated heterocycles. The molecule has 2 aliphatic carbocycles. The molecular weight excluding hydrogens is 386 g/mol. The summed E-state index contributed by atoms with van der Waals surface area (Å²) < 4.78 is 42.2. The van der Waals surface area contributed by atoms with Crippen LogP contribution in [0, 0.1) is 11.6 Å². The van der Waals surface area contributed by atoms with Gasteiger partial charge in [0.05, 0.1) is 18.8 Å². The SMILES string of the molecule is CCCCCc1ccc(C2(C3(O)CCC4(CC3)OCCO4)CCCCC2)c(F)c1F. The van der Waals surface area contributed by atoms with Gasteiger partial charge in [0.15, 0.2) is 17.4 Å². The lowest BCUT2D eigenvalue weighted by Gasteiger charge is -2.54. The van der Waals surface area contributed by atoms with Crippen LogP contribution in [0.3, 0.4) is 0 Å². The fourth-order valence-electron chi connectivity index (χ4n) is 6.17. The van der Waals surface area contributed by atoms with Crippen LogP contribution in [0.2, 0.25) is 0 Å². The molecule has 5 heteroatoms. The highest BCUT2D eigenvalue weighted by atomic mass is 19.2. The van der Waals surface area contributed by atoms with Crippen molar-refractivity contribution in [3.05, 3.63) is 34.9 Å². The van der Waals surface area contributed by atoms with Crippen LogP contribution in [0.15, 0.2) is 12.1 Å². The maximum Gasteiger partial charge on any atom is 0.168 e. The summed E-state index contributed by atoms with van der Waals surface area (Å²) in [4.78, 5) is 0. The molecule has 4 rings (SSSR count). The molecule has 0 bridgehead atoms. The molecular formula is C25H36F2O3. The molecule has 3 fully saturated rings. The molecule has 0 amide bonds. The van der Waals surface area contributed by atoms with Crippen LogP contribution in [0.5, 0.6) is 0 Å². The molecule has 3 nitrogen and oxygen atoms in total. The molecule has 0 unspecified atom stereocenters. The number of hydrogen-bond acceptors (Lipinski definition) is 3. The van der Waals surface area contributed by atoms with Crippen molar-refractivity contribution in [2.45, 2.75) is 107 Å². The van der Waals surface area contributed by atoms with Crippen molar-refractivity contribution < 1.29 is 23.4 Å². The number of halogens is 2. The van der Waals surface area contributed by atoms with Crippen LogP contribution in [0.4, 0.5) is 8.78 Å². The van der Waals surface area contributed by atoms with E-state index in [9.17, 15) is 5.11 Å².